The van der Waals surface area contributed by atoms with E-state index in [1.54, 1.807) is 6.07 Å². The Balaban J connectivity index is 2.85. The van der Waals surface area contributed by atoms with E-state index in [0.717, 1.165) is 13.2 Å². The second-order valence-electron chi connectivity index (χ2n) is 2.69. The zero-order chi connectivity index (χ0) is 10.3. The lowest BCUT2D eigenvalue weighted by Gasteiger charge is -1.94. The fraction of sp³-hybridized carbons (Fsp3) is 0. The smallest absolute Gasteiger partial charge is 0.258 e. The molecule has 0 N–H and O–H groups in total. The monoisotopic (exact) mass is 337 g/mol. The first-order chi connectivity index (χ1) is 6.58. The minimum absolute atomic E-state index is 0.164. The molecule has 0 amide bonds. The molecule has 0 aliphatic rings. The van der Waals surface area contributed by atoms with Gasteiger partial charge in [-0.1, -0.05) is 0 Å². The van der Waals surface area contributed by atoms with E-state index in [9.17, 15) is 10.1 Å². The number of fused-ring (bicyclic) bond motifs is 1. The summed E-state index contributed by atoms with van der Waals surface area (Å²) in [7, 11) is 0. The van der Waals surface area contributed by atoms with Crippen LogP contribution in [0.15, 0.2) is 22.4 Å². The number of nitro groups is 1. The van der Waals surface area contributed by atoms with Crippen LogP contribution in [0.2, 0.25) is 0 Å². The summed E-state index contributed by atoms with van der Waals surface area (Å²) in [4.78, 5) is 10.4. The minimum Gasteiger partial charge on any atom is -0.258 e. The van der Waals surface area contributed by atoms with E-state index in [-0.39, 0.29) is 10.6 Å². The molecular formula is C8H4INO2S2. The van der Waals surface area contributed by atoms with E-state index in [0.29, 0.717) is 4.70 Å². The highest BCUT2D eigenvalue weighted by Gasteiger charge is 2.15. The maximum absolute atomic E-state index is 10.8. The van der Waals surface area contributed by atoms with Gasteiger partial charge in [0.2, 0.25) is 0 Å². The number of hydrogen-bond acceptors (Lipinski definition) is 4. The Kier molecular flexibility index (Phi) is 2.67. The van der Waals surface area contributed by atoms with Crippen LogP contribution in [0.4, 0.5) is 5.69 Å². The second kappa shape index (κ2) is 3.67. The van der Waals surface area contributed by atoms with E-state index >= 15 is 0 Å². The van der Waals surface area contributed by atoms with E-state index in [1.165, 1.54) is 11.3 Å². The molecule has 0 aliphatic heterocycles. The van der Waals surface area contributed by atoms with Crippen LogP contribution < -0.4 is 0 Å². The lowest BCUT2D eigenvalue weighted by atomic mass is 10.2. The highest BCUT2D eigenvalue weighted by atomic mass is 127. The summed E-state index contributed by atoms with van der Waals surface area (Å²) in [6, 6.07) is 5.34. The molecule has 0 atom stereocenters. The van der Waals surface area contributed by atoms with E-state index < -0.39 is 0 Å². The molecule has 1 heterocycles. The van der Waals surface area contributed by atoms with Crippen LogP contribution in [0, 0.1) is 13.7 Å². The van der Waals surface area contributed by atoms with Crippen LogP contribution >= 0.6 is 46.6 Å². The Labute approximate surface area is 103 Å². The third-order valence-electron chi connectivity index (χ3n) is 1.75. The van der Waals surface area contributed by atoms with Gasteiger partial charge in [0, 0.05) is 15.0 Å². The molecule has 0 unspecified atom stereocenters. The number of thiophene rings is 1. The number of thiol groups is 1. The van der Waals surface area contributed by atoms with Crippen molar-refractivity contribution in [2.75, 3.05) is 0 Å². The Hall–Kier alpha value is -0.340. The largest absolute Gasteiger partial charge is 0.288 e. The second-order valence-corrected chi connectivity index (χ2v) is 5.77. The van der Waals surface area contributed by atoms with Crippen molar-refractivity contribution in [3.05, 3.63) is 31.9 Å². The maximum atomic E-state index is 10.8. The molecule has 2 aromatic rings. The van der Waals surface area contributed by atoms with Crippen LogP contribution in [0.1, 0.15) is 0 Å². The van der Waals surface area contributed by atoms with Crippen LogP contribution in [-0.2, 0) is 0 Å². The van der Waals surface area contributed by atoms with Gasteiger partial charge in [-0.3, -0.25) is 10.1 Å². The van der Waals surface area contributed by atoms with Crippen molar-refractivity contribution in [1.29, 1.82) is 0 Å². The number of hydrogen-bond donors (Lipinski definition) is 1. The van der Waals surface area contributed by atoms with Gasteiger partial charge in [-0.15, -0.1) is 24.0 Å². The van der Waals surface area contributed by atoms with Gasteiger partial charge in [0.25, 0.3) is 5.69 Å². The summed E-state index contributed by atoms with van der Waals surface area (Å²) in [5.41, 5.74) is 0.164. The standard InChI is InChI=1S/C8H4INO2S2/c9-5-1-4-2-7(13)14-8(4)6(3-5)10(11)12/h1-3,13H. The summed E-state index contributed by atoms with van der Waals surface area (Å²) in [6.07, 6.45) is 0. The first-order valence-corrected chi connectivity index (χ1v) is 5.98. The lowest BCUT2D eigenvalue weighted by Crippen LogP contribution is -1.88. The minimum atomic E-state index is -0.353. The number of nitrogens with zero attached hydrogens (tertiary/aromatic N) is 1. The number of rotatable bonds is 1. The van der Waals surface area contributed by atoms with Crippen molar-refractivity contribution in [2.24, 2.45) is 0 Å². The van der Waals surface area contributed by atoms with Crippen molar-refractivity contribution in [1.82, 2.24) is 0 Å². The average molecular weight is 337 g/mol. The topological polar surface area (TPSA) is 43.1 Å². The van der Waals surface area contributed by atoms with Crippen molar-refractivity contribution >= 4 is 62.3 Å². The summed E-state index contributed by atoms with van der Waals surface area (Å²) in [5.74, 6) is 0. The SMILES string of the molecule is O=[N+]([O-])c1cc(I)cc2cc(S)sc12. The van der Waals surface area contributed by atoms with Gasteiger partial charge in [-0.25, -0.2) is 0 Å². The third-order valence-corrected chi connectivity index (χ3v) is 3.75. The number of halogens is 1. The van der Waals surface area contributed by atoms with Crippen molar-refractivity contribution in [3.63, 3.8) is 0 Å². The van der Waals surface area contributed by atoms with Crippen molar-refractivity contribution in [2.45, 2.75) is 4.21 Å². The van der Waals surface area contributed by atoms with E-state index in [2.05, 4.69) is 35.2 Å². The molecule has 3 nitrogen and oxygen atoms in total. The van der Waals surface area contributed by atoms with Crippen molar-refractivity contribution < 1.29 is 4.92 Å². The number of non-ortho nitro benzene ring substituents is 1. The summed E-state index contributed by atoms with van der Waals surface area (Å²) in [6.45, 7) is 0. The fourth-order valence-electron chi connectivity index (χ4n) is 1.22. The predicted octanol–water partition coefficient (Wildman–Crippen LogP) is 3.70. The van der Waals surface area contributed by atoms with Crippen LogP contribution in [0.3, 0.4) is 0 Å². The molecule has 0 bridgehead atoms. The van der Waals surface area contributed by atoms with Gasteiger partial charge in [-0.05, 0) is 34.7 Å². The van der Waals surface area contributed by atoms with Gasteiger partial charge in [-0.2, -0.15) is 0 Å². The van der Waals surface area contributed by atoms with Crippen molar-refractivity contribution in [3.8, 4) is 0 Å². The molecular weight excluding hydrogens is 333 g/mol. The van der Waals surface area contributed by atoms with E-state index in [4.69, 9.17) is 0 Å². The van der Waals surface area contributed by atoms with Crippen LogP contribution in [0.5, 0.6) is 0 Å². The molecule has 0 spiro atoms. The van der Waals surface area contributed by atoms with Gasteiger partial charge >= 0.3 is 0 Å². The number of nitro benzene ring substituents is 1. The molecule has 0 saturated heterocycles. The van der Waals surface area contributed by atoms with Gasteiger partial charge in [0.1, 0.15) is 4.70 Å². The van der Waals surface area contributed by atoms with Gasteiger partial charge in [0.05, 0.1) is 9.13 Å². The van der Waals surface area contributed by atoms with Crippen LogP contribution in [0.25, 0.3) is 10.1 Å². The van der Waals surface area contributed by atoms with E-state index in [1.807, 2.05) is 12.1 Å². The normalized spacial score (nSPS) is 10.7. The highest BCUT2D eigenvalue weighted by Crippen LogP contribution is 2.36. The Morgan fingerprint density at radius 3 is 2.79 bits per heavy atom. The summed E-state index contributed by atoms with van der Waals surface area (Å²) >= 11 is 7.59. The number of benzene rings is 1. The molecule has 0 aliphatic carbocycles. The molecule has 14 heavy (non-hydrogen) atoms. The summed E-state index contributed by atoms with van der Waals surface area (Å²) < 4.78 is 2.36. The third kappa shape index (κ3) is 1.73. The maximum Gasteiger partial charge on any atom is 0.288 e. The lowest BCUT2D eigenvalue weighted by molar-refractivity contribution is -0.382. The molecule has 1 aromatic carbocycles. The quantitative estimate of drug-likeness (QED) is 0.373. The first-order valence-electron chi connectivity index (χ1n) is 3.64. The van der Waals surface area contributed by atoms with Crippen LogP contribution in [-0.4, -0.2) is 4.92 Å². The fourth-order valence-corrected chi connectivity index (χ4v) is 3.13. The molecule has 1 aromatic heterocycles. The molecule has 0 radical (unpaired) electrons. The predicted molar refractivity (Wildman–Crippen MR) is 68.4 cm³/mol. The molecule has 0 fully saturated rings. The zero-order valence-corrected chi connectivity index (χ0v) is 10.6. The van der Waals surface area contributed by atoms with Gasteiger partial charge < -0.3 is 0 Å². The Morgan fingerprint density at radius 1 is 1.43 bits per heavy atom. The highest BCUT2D eigenvalue weighted by molar-refractivity contribution is 14.1. The molecule has 2 rings (SSSR count). The molecule has 72 valence electrons. The summed E-state index contributed by atoms with van der Waals surface area (Å²) in [5, 5.41) is 11.6. The van der Waals surface area contributed by atoms with Gasteiger partial charge in [0.15, 0.2) is 0 Å². The Morgan fingerprint density at radius 2 is 2.14 bits per heavy atom. The molecule has 6 heteroatoms. The zero-order valence-electron chi connectivity index (χ0n) is 6.73. The average Bonchev–Trinajstić information content (AvgIpc) is 2.42. The molecule has 0 saturated carbocycles. The Bertz CT molecular complexity index is 523. The first kappa shape index (κ1) is 10.2.